The number of fused-ring (bicyclic) bond motifs is 1. The molecule has 3 aromatic heterocycles. The molecule has 4 heterocycles. The van der Waals surface area contributed by atoms with Crippen LogP contribution in [0.1, 0.15) is 29.7 Å². The molecule has 0 bridgehead atoms. The van der Waals surface area contributed by atoms with E-state index in [1.54, 1.807) is 10.8 Å². The number of halogens is 2. The molecule has 1 aromatic carbocycles. The zero-order valence-corrected chi connectivity index (χ0v) is 18.7. The molecular formula is C23H25F2N7O. The number of hydrogen-bond acceptors (Lipinski definition) is 6. The van der Waals surface area contributed by atoms with Crippen LogP contribution in [-0.2, 0) is 11.8 Å². The lowest BCUT2D eigenvalue weighted by molar-refractivity contribution is 0.122. The van der Waals surface area contributed by atoms with Crippen molar-refractivity contribution in [3.05, 3.63) is 65.2 Å². The summed E-state index contributed by atoms with van der Waals surface area (Å²) in [5.74, 6) is 0.571. The Bertz CT molecular complexity index is 1310. The molecule has 1 saturated heterocycles. The highest BCUT2D eigenvalue weighted by molar-refractivity contribution is 5.66. The zero-order chi connectivity index (χ0) is 23.1. The summed E-state index contributed by atoms with van der Waals surface area (Å²) < 4.78 is 37.3. The molecule has 0 amide bonds. The van der Waals surface area contributed by atoms with Gasteiger partial charge in [-0.15, -0.1) is 0 Å². The van der Waals surface area contributed by atoms with Crippen molar-refractivity contribution in [1.82, 2.24) is 24.1 Å². The predicted molar refractivity (Wildman–Crippen MR) is 121 cm³/mol. The second-order valence-electron chi connectivity index (χ2n) is 8.27. The van der Waals surface area contributed by atoms with Gasteiger partial charge in [0.05, 0.1) is 25.2 Å². The lowest BCUT2D eigenvalue weighted by Crippen LogP contribution is -2.37. The van der Waals surface area contributed by atoms with Gasteiger partial charge >= 0.3 is 0 Å². The number of rotatable bonds is 5. The van der Waals surface area contributed by atoms with Crippen molar-refractivity contribution in [2.24, 2.45) is 7.05 Å². The third kappa shape index (κ3) is 4.02. The van der Waals surface area contributed by atoms with E-state index in [0.29, 0.717) is 36.1 Å². The molecule has 0 spiro atoms. The van der Waals surface area contributed by atoms with E-state index < -0.39 is 11.6 Å². The lowest BCUT2D eigenvalue weighted by atomic mass is 9.92. The first kappa shape index (κ1) is 21.3. The van der Waals surface area contributed by atoms with Crippen LogP contribution >= 0.6 is 0 Å². The maximum Gasteiger partial charge on any atom is 0.163 e. The van der Waals surface area contributed by atoms with Crippen LogP contribution in [0.4, 0.5) is 26.2 Å². The molecule has 33 heavy (non-hydrogen) atoms. The highest BCUT2D eigenvalue weighted by Gasteiger charge is 2.25. The van der Waals surface area contributed by atoms with Crippen LogP contribution in [0.2, 0.25) is 0 Å². The first-order valence-electron chi connectivity index (χ1n) is 10.8. The number of nitrogens with one attached hydrogen (secondary N) is 1. The van der Waals surface area contributed by atoms with Crippen LogP contribution in [0.25, 0.3) is 5.65 Å². The average molecular weight is 453 g/mol. The Balaban J connectivity index is 1.66. The fourth-order valence-corrected chi connectivity index (χ4v) is 4.33. The van der Waals surface area contributed by atoms with Crippen LogP contribution in [-0.4, -0.2) is 50.5 Å². The van der Waals surface area contributed by atoms with Crippen molar-refractivity contribution in [2.45, 2.75) is 19.8 Å². The van der Waals surface area contributed by atoms with Gasteiger partial charge in [-0.05, 0) is 18.6 Å². The Hall–Kier alpha value is -3.53. The maximum absolute atomic E-state index is 14.6. The molecule has 1 atom stereocenters. The zero-order valence-electron chi connectivity index (χ0n) is 18.7. The molecule has 1 fully saturated rings. The summed E-state index contributed by atoms with van der Waals surface area (Å²) in [6.07, 6.45) is 3.57. The first-order valence-corrected chi connectivity index (χ1v) is 10.8. The molecule has 0 aliphatic carbocycles. The Morgan fingerprint density at radius 1 is 1.12 bits per heavy atom. The number of imidazole rings is 1. The molecule has 4 aromatic rings. The van der Waals surface area contributed by atoms with Crippen LogP contribution in [0.15, 0.2) is 36.8 Å². The Labute approximate surface area is 189 Å². The summed E-state index contributed by atoms with van der Waals surface area (Å²) in [4.78, 5) is 11.4. The molecule has 0 unspecified atom stereocenters. The van der Waals surface area contributed by atoms with E-state index in [2.05, 4.69) is 15.2 Å². The number of aryl methyl sites for hydroxylation is 2. The number of anilines is 3. The van der Waals surface area contributed by atoms with Crippen molar-refractivity contribution in [3.63, 3.8) is 0 Å². The van der Waals surface area contributed by atoms with Gasteiger partial charge < -0.3 is 19.5 Å². The molecule has 1 N–H and O–H groups in total. The molecule has 0 radical (unpaired) electrons. The van der Waals surface area contributed by atoms with Crippen molar-refractivity contribution >= 4 is 23.1 Å². The molecular weight excluding hydrogens is 428 g/mol. The first-order chi connectivity index (χ1) is 15.9. The number of nitrogens with zero attached hydrogens (tertiary/aromatic N) is 6. The van der Waals surface area contributed by atoms with Gasteiger partial charge in [0, 0.05) is 49.9 Å². The Kier molecular flexibility index (Phi) is 5.45. The van der Waals surface area contributed by atoms with Crippen LogP contribution in [0.5, 0.6) is 0 Å². The van der Waals surface area contributed by atoms with Gasteiger partial charge in [-0.2, -0.15) is 9.61 Å². The molecule has 10 heteroatoms. The SMILES string of the molecule is Cc1nn2c(N3CCOCC3)cc(Nc3cn(C)cn3)nc2c1[C@H](C)c1ccc(F)cc1F. The molecule has 8 nitrogen and oxygen atoms in total. The van der Waals surface area contributed by atoms with Gasteiger partial charge in [0.15, 0.2) is 5.65 Å². The summed E-state index contributed by atoms with van der Waals surface area (Å²) in [6.45, 7) is 6.46. The van der Waals surface area contributed by atoms with Gasteiger partial charge in [-0.1, -0.05) is 13.0 Å². The minimum absolute atomic E-state index is 0.377. The molecule has 5 rings (SSSR count). The van der Waals surface area contributed by atoms with Crippen molar-refractivity contribution in [1.29, 1.82) is 0 Å². The van der Waals surface area contributed by atoms with Gasteiger partial charge in [-0.25, -0.2) is 18.7 Å². The summed E-state index contributed by atoms with van der Waals surface area (Å²) in [7, 11) is 1.89. The van der Waals surface area contributed by atoms with E-state index >= 15 is 0 Å². The number of hydrogen-bond donors (Lipinski definition) is 1. The molecule has 1 aliphatic rings. The van der Waals surface area contributed by atoms with Crippen molar-refractivity contribution < 1.29 is 13.5 Å². The van der Waals surface area contributed by atoms with Crippen LogP contribution < -0.4 is 10.2 Å². The topological polar surface area (TPSA) is 72.5 Å². The minimum Gasteiger partial charge on any atom is -0.378 e. The summed E-state index contributed by atoms with van der Waals surface area (Å²) >= 11 is 0. The second kappa shape index (κ2) is 8.43. The van der Waals surface area contributed by atoms with E-state index in [0.717, 1.165) is 36.2 Å². The third-order valence-electron chi connectivity index (χ3n) is 5.95. The standard InChI is InChI=1S/C23H25F2N7O/c1-14(17-5-4-16(24)10-18(17)25)22-15(2)29-32-21(31-6-8-33-9-7-31)11-19(28-23(22)32)27-20-12-30(3)13-26-20/h4-5,10-14H,6-9H2,1-3H3,(H,27,28)/t14-/m1/s1. The summed E-state index contributed by atoms with van der Waals surface area (Å²) in [6, 6.07) is 5.60. The highest BCUT2D eigenvalue weighted by Crippen LogP contribution is 2.34. The minimum atomic E-state index is -0.602. The number of benzene rings is 1. The monoisotopic (exact) mass is 453 g/mol. The van der Waals surface area contributed by atoms with Crippen LogP contribution in [0, 0.1) is 18.6 Å². The van der Waals surface area contributed by atoms with E-state index in [4.69, 9.17) is 14.8 Å². The molecule has 172 valence electrons. The maximum atomic E-state index is 14.6. The quantitative estimate of drug-likeness (QED) is 0.496. The average Bonchev–Trinajstić information content (AvgIpc) is 3.35. The Morgan fingerprint density at radius 2 is 1.91 bits per heavy atom. The largest absolute Gasteiger partial charge is 0.378 e. The van der Waals surface area contributed by atoms with E-state index in [-0.39, 0.29) is 5.92 Å². The number of morpholine rings is 1. The Morgan fingerprint density at radius 3 is 2.61 bits per heavy atom. The van der Waals surface area contributed by atoms with Crippen molar-refractivity contribution in [3.8, 4) is 0 Å². The van der Waals surface area contributed by atoms with Crippen LogP contribution in [0.3, 0.4) is 0 Å². The van der Waals surface area contributed by atoms with Gasteiger partial charge in [-0.3, -0.25) is 0 Å². The summed E-state index contributed by atoms with van der Waals surface area (Å²) in [5, 5.41) is 8.03. The van der Waals surface area contributed by atoms with E-state index in [1.807, 2.05) is 37.7 Å². The second-order valence-corrected chi connectivity index (χ2v) is 8.27. The fourth-order valence-electron chi connectivity index (χ4n) is 4.33. The van der Waals surface area contributed by atoms with E-state index in [9.17, 15) is 8.78 Å². The highest BCUT2D eigenvalue weighted by atomic mass is 19.1. The van der Waals surface area contributed by atoms with E-state index in [1.165, 1.54) is 12.1 Å². The van der Waals surface area contributed by atoms with Gasteiger partial charge in [0.1, 0.15) is 29.1 Å². The third-order valence-corrected chi connectivity index (χ3v) is 5.95. The fraction of sp³-hybridized carbons (Fsp3) is 0.348. The van der Waals surface area contributed by atoms with Gasteiger partial charge in [0.2, 0.25) is 0 Å². The normalized spacial score (nSPS) is 15.2. The number of ether oxygens (including phenoxy) is 1. The smallest absolute Gasteiger partial charge is 0.163 e. The summed E-state index contributed by atoms with van der Waals surface area (Å²) in [5.41, 5.74) is 2.54. The number of aromatic nitrogens is 5. The van der Waals surface area contributed by atoms with Gasteiger partial charge in [0.25, 0.3) is 0 Å². The predicted octanol–water partition coefficient (Wildman–Crippen LogP) is 3.78. The molecule has 1 aliphatic heterocycles. The van der Waals surface area contributed by atoms with Crippen molar-refractivity contribution in [2.75, 3.05) is 36.5 Å². The lowest BCUT2D eigenvalue weighted by Gasteiger charge is -2.29. The molecule has 0 saturated carbocycles.